The predicted molar refractivity (Wildman–Crippen MR) is 129 cm³/mol. The van der Waals surface area contributed by atoms with E-state index in [1.807, 2.05) is 37.4 Å². The Balaban J connectivity index is 1.59. The molecule has 0 aliphatic rings. The number of nitrogens with one attached hydrogen (secondary N) is 2. The highest BCUT2D eigenvalue weighted by molar-refractivity contribution is 7.98. The molecule has 0 aromatic heterocycles. The van der Waals surface area contributed by atoms with E-state index in [0.717, 1.165) is 10.5 Å². The Bertz CT molecular complexity index is 1210. The van der Waals surface area contributed by atoms with Crippen LogP contribution in [0.4, 0.5) is 10.1 Å². The van der Waals surface area contributed by atoms with Crippen LogP contribution < -0.4 is 14.8 Å². The Morgan fingerprint density at radius 1 is 1.06 bits per heavy atom. The lowest BCUT2D eigenvalue weighted by molar-refractivity contribution is -0.123. The van der Waals surface area contributed by atoms with Crippen LogP contribution in [0.1, 0.15) is 24.1 Å². The molecule has 3 aromatic carbocycles. The van der Waals surface area contributed by atoms with E-state index >= 15 is 0 Å². The molecule has 0 fully saturated rings. The molecule has 33 heavy (non-hydrogen) atoms. The Labute approximate surface area is 197 Å². The van der Waals surface area contributed by atoms with Gasteiger partial charge in [-0.3, -0.25) is 9.52 Å². The number of ether oxygens (including phenoxy) is 1. The molecule has 174 valence electrons. The van der Waals surface area contributed by atoms with Crippen molar-refractivity contribution in [3.8, 4) is 5.75 Å². The van der Waals surface area contributed by atoms with Gasteiger partial charge in [-0.05, 0) is 85.8 Å². The van der Waals surface area contributed by atoms with E-state index in [1.54, 1.807) is 18.7 Å². The van der Waals surface area contributed by atoms with Crippen molar-refractivity contribution in [2.45, 2.75) is 29.7 Å². The highest BCUT2D eigenvalue weighted by Crippen LogP contribution is 2.24. The van der Waals surface area contributed by atoms with Crippen LogP contribution in [0.2, 0.25) is 0 Å². The standard InChI is InChI=1S/C24H25FN2O4S2/c1-16-14-22(33(29,30)27-20-8-6-19(25)7-9-20)12-13-23(16)31-15-24(28)26-17(2)18-4-10-21(32-3)11-5-18/h4-14,17,27H,15H2,1-3H3,(H,26,28)/t17-/m1/s1. The fourth-order valence-electron chi connectivity index (χ4n) is 3.09. The molecule has 1 atom stereocenters. The van der Waals surface area contributed by atoms with Crippen molar-refractivity contribution < 1.29 is 22.3 Å². The van der Waals surface area contributed by atoms with Crippen LogP contribution in [0, 0.1) is 12.7 Å². The summed E-state index contributed by atoms with van der Waals surface area (Å²) in [5.41, 5.74) is 1.80. The van der Waals surface area contributed by atoms with Crippen LogP contribution in [0.25, 0.3) is 0 Å². The zero-order valence-electron chi connectivity index (χ0n) is 18.5. The van der Waals surface area contributed by atoms with E-state index in [-0.39, 0.29) is 29.1 Å². The lowest BCUT2D eigenvalue weighted by atomic mass is 10.1. The quantitative estimate of drug-likeness (QED) is 0.418. The van der Waals surface area contributed by atoms with Crippen molar-refractivity contribution >= 4 is 33.4 Å². The van der Waals surface area contributed by atoms with Crippen LogP contribution in [0.5, 0.6) is 5.75 Å². The molecule has 0 spiro atoms. The second-order valence-corrected chi connectivity index (χ2v) is 9.95. The van der Waals surface area contributed by atoms with E-state index in [1.165, 1.54) is 42.5 Å². The summed E-state index contributed by atoms with van der Waals surface area (Å²) in [6.07, 6.45) is 2.00. The van der Waals surface area contributed by atoms with Crippen molar-refractivity contribution in [2.24, 2.45) is 0 Å². The van der Waals surface area contributed by atoms with Gasteiger partial charge in [0.1, 0.15) is 11.6 Å². The number of sulfonamides is 1. The summed E-state index contributed by atoms with van der Waals surface area (Å²) in [6, 6.07) is 17.2. The number of benzene rings is 3. The number of hydrogen-bond acceptors (Lipinski definition) is 5. The van der Waals surface area contributed by atoms with E-state index < -0.39 is 15.8 Å². The number of aryl methyl sites for hydroxylation is 1. The third kappa shape index (κ3) is 6.72. The molecule has 3 rings (SSSR count). The van der Waals surface area contributed by atoms with E-state index in [4.69, 9.17) is 4.74 Å². The maximum absolute atomic E-state index is 13.0. The molecule has 6 nitrogen and oxygen atoms in total. The second kappa shape index (κ2) is 10.7. The van der Waals surface area contributed by atoms with Gasteiger partial charge in [0, 0.05) is 10.6 Å². The summed E-state index contributed by atoms with van der Waals surface area (Å²) in [5, 5.41) is 2.89. The van der Waals surface area contributed by atoms with Gasteiger partial charge in [-0.2, -0.15) is 0 Å². The highest BCUT2D eigenvalue weighted by atomic mass is 32.2. The molecule has 0 unspecified atom stereocenters. The van der Waals surface area contributed by atoms with Crippen molar-refractivity contribution in [3.05, 3.63) is 83.7 Å². The third-order valence-corrected chi connectivity index (χ3v) is 7.03. The minimum absolute atomic E-state index is 0.0310. The van der Waals surface area contributed by atoms with Crippen molar-refractivity contribution in [1.82, 2.24) is 5.32 Å². The van der Waals surface area contributed by atoms with E-state index in [9.17, 15) is 17.6 Å². The Kier molecular flexibility index (Phi) is 7.99. The summed E-state index contributed by atoms with van der Waals surface area (Å²) < 4.78 is 46.2. The lowest BCUT2D eigenvalue weighted by Gasteiger charge is -2.16. The Morgan fingerprint density at radius 2 is 1.73 bits per heavy atom. The van der Waals surface area contributed by atoms with Gasteiger partial charge in [-0.25, -0.2) is 12.8 Å². The average Bonchev–Trinajstić information content (AvgIpc) is 2.79. The summed E-state index contributed by atoms with van der Waals surface area (Å²) in [5.74, 6) is -0.337. The van der Waals surface area contributed by atoms with Gasteiger partial charge in [0.25, 0.3) is 15.9 Å². The van der Waals surface area contributed by atoms with E-state index in [2.05, 4.69) is 10.0 Å². The molecule has 0 bridgehead atoms. The second-order valence-electron chi connectivity index (χ2n) is 7.39. The molecule has 0 heterocycles. The largest absolute Gasteiger partial charge is 0.484 e. The molecule has 1 amide bonds. The van der Waals surface area contributed by atoms with Crippen molar-refractivity contribution in [3.63, 3.8) is 0 Å². The SMILES string of the molecule is CSc1ccc([C@@H](C)NC(=O)COc2ccc(S(=O)(=O)Nc3ccc(F)cc3)cc2C)cc1. The molecule has 0 saturated heterocycles. The van der Waals surface area contributed by atoms with Gasteiger partial charge in [0.2, 0.25) is 0 Å². The summed E-state index contributed by atoms with van der Waals surface area (Å²) >= 11 is 1.65. The smallest absolute Gasteiger partial charge is 0.261 e. The zero-order chi connectivity index (χ0) is 24.0. The number of carbonyl (C=O) groups excluding carboxylic acids is 1. The zero-order valence-corrected chi connectivity index (χ0v) is 20.1. The summed E-state index contributed by atoms with van der Waals surface area (Å²) in [7, 11) is -3.86. The molecule has 0 radical (unpaired) electrons. The number of hydrogen-bond donors (Lipinski definition) is 2. The van der Waals surface area contributed by atoms with E-state index in [0.29, 0.717) is 11.3 Å². The molecule has 0 aliphatic heterocycles. The van der Waals surface area contributed by atoms with Crippen LogP contribution in [0.3, 0.4) is 0 Å². The predicted octanol–water partition coefficient (Wildman–Crippen LogP) is 4.91. The Hall–Kier alpha value is -3.04. The van der Waals surface area contributed by atoms with Gasteiger partial charge in [-0.1, -0.05) is 12.1 Å². The summed E-state index contributed by atoms with van der Waals surface area (Å²) in [6.45, 7) is 3.39. The minimum atomic E-state index is -3.86. The van der Waals surface area contributed by atoms with Crippen molar-refractivity contribution in [1.29, 1.82) is 0 Å². The van der Waals surface area contributed by atoms with Crippen molar-refractivity contribution in [2.75, 3.05) is 17.6 Å². The first-order chi connectivity index (χ1) is 15.7. The number of halogens is 1. The molecule has 0 aliphatic carbocycles. The fraction of sp³-hybridized carbons (Fsp3) is 0.208. The highest BCUT2D eigenvalue weighted by Gasteiger charge is 2.17. The first-order valence-corrected chi connectivity index (χ1v) is 12.8. The number of rotatable bonds is 9. The van der Waals surface area contributed by atoms with Gasteiger partial charge >= 0.3 is 0 Å². The van der Waals surface area contributed by atoms with Crippen LogP contribution in [-0.2, 0) is 14.8 Å². The summed E-state index contributed by atoms with van der Waals surface area (Å²) in [4.78, 5) is 13.5. The van der Waals surface area contributed by atoms with Gasteiger partial charge in [0.05, 0.1) is 10.9 Å². The molecule has 3 aromatic rings. The first-order valence-electron chi connectivity index (χ1n) is 10.1. The number of carbonyl (C=O) groups is 1. The van der Waals surface area contributed by atoms with Gasteiger partial charge in [0.15, 0.2) is 6.61 Å². The normalized spacial score (nSPS) is 12.1. The third-order valence-electron chi connectivity index (χ3n) is 4.91. The molecule has 0 saturated carbocycles. The maximum Gasteiger partial charge on any atom is 0.261 e. The first kappa shape index (κ1) is 24.6. The number of amides is 1. The molecular formula is C24H25FN2O4S2. The monoisotopic (exact) mass is 488 g/mol. The molecule has 9 heteroatoms. The van der Waals surface area contributed by atoms with Gasteiger partial charge < -0.3 is 10.1 Å². The molecular weight excluding hydrogens is 463 g/mol. The Morgan fingerprint density at radius 3 is 2.33 bits per heavy atom. The van der Waals surface area contributed by atoms with Crippen LogP contribution in [-0.4, -0.2) is 27.2 Å². The van der Waals surface area contributed by atoms with Crippen LogP contribution in [0.15, 0.2) is 76.5 Å². The topological polar surface area (TPSA) is 84.5 Å². The lowest BCUT2D eigenvalue weighted by Crippen LogP contribution is -2.31. The maximum atomic E-state index is 13.0. The van der Waals surface area contributed by atoms with Gasteiger partial charge in [-0.15, -0.1) is 11.8 Å². The van der Waals surface area contributed by atoms with Crippen LogP contribution >= 0.6 is 11.8 Å². The average molecular weight is 489 g/mol. The molecule has 2 N–H and O–H groups in total. The fourth-order valence-corrected chi connectivity index (χ4v) is 4.64. The number of thioether (sulfide) groups is 1. The minimum Gasteiger partial charge on any atom is -0.484 e. The number of anilines is 1.